The standard InChI is InChI=1S/C18H14Cl2N2O6/c1-26-15-11(19)5-9(6-12(15)20)7-13-16(23)22(18(25)21-13)8-10-3-4-14(28-10)17(24)27-2/h3-7H,8H2,1-2H3,(H,21,25)/b13-7-. The smallest absolute Gasteiger partial charge is 0.373 e. The number of hydrogen-bond acceptors (Lipinski definition) is 6. The summed E-state index contributed by atoms with van der Waals surface area (Å²) >= 11 is 12.2. The Hall–Kier alpha value is -2.97. The lowest BCUT2D eigenvalue weighted by atomic mass is 10.1. The van der Waals surface area contributed by atoms with Crippen LogP contribution >= 0.6 is 23.2 Å². The Morgan fingerprint density at radius 2 is 1.89 bits per heavy atom. The fourth-order valence-corrected chi connectivity index (χ4v) is 3.23. The zero-order valence-electron chi connectivity index (χ0n) is 14.7. The second kappa shape index (κ2) is 7.95. The number of furan rings is 1. The van der Waals surface area contributed by atoms with Gasteiger partial charge in [0.05, 0.1) is 30.8 Å². The van der Waals surface area contributed by atoms with Crippen molar-refractivity contribution in [3.05, 3.63) is 57.1 Å². The Bertz CT molecular complexity index is 975. The van der Waals surface area contributed by atoms with Crippen LogP contribution in [0.4, 0.5) is 4.79 Å². The molecular weight excluding hydrogens is 411 g/mol. The highest BCUT2D eigenvalue weighted by Crippen LogP contribution is 2.34. The van der Waals surface area contributed by atoms with Gasteiger partial charge < -0.3 is 19.2 Å². The van der Waals surface area contributed by atoms with Gasteiger partial charge in [0.1, 0.15) is 11.5 Å². The van der Waals surface area contributed by atoms with Crippen molar-refractivity contribution in [2.24, 2.45) is 0 Å². The highest BCUT2D eigenvalue weighted by Gasteiger charge is 2.34. The van der Waals surface area contributed by atoms with Crippen molar-refractivity contribution in [2.75, 3.05) is 14.2 Å². The molecule has 146 valence electrons. The fraction of sp³-hybridized carbons (Fsp3) is 0.167. The first-order valence-corrected chi connectivity index (χ1v) is 8.64. The monoisotopic (exact) mass is 424 g/mol. The van der Waals surface area contributed by atoms with Crippen LogP contribution in [0.5, 0.6) is 5.75 Å². The number of rotatable bonds is 5. The van der Waals surface area contributed by atoms with Gasteiger partial charge in [-0.25, -0.2) is 9.59 Å². The molecule has 0 bridgehead atoms. The van der Waals surface area contributed by atoms with Crippen LogP contribution < -0.4 is 10.1 Å². The molecule has 8 nitrogen and oxygen atoms in total. The number of amides is 3. The molecule has 1 N–H and O–H groups in total. The normalized spacial score (nSPS) is 15.1. The maximum atomic E-state index is 12.6. The van der Waals surface area contributed by atoms with Crippen LogP contribution in [0.3, 0.4) is 0 Å². The molecule has 1 saturated heterocycles. The van der Waals surface area contributed by atoms with E-state index < -0.39 is 17.9 Å². The van der Waals surface area contributed by atoms with E-state index in [2.05, 4.69) is 10.1 Å². The Morgan fingerprint density at radius 3 is 2.50 bits per heavy atom. The predicted octanol–water partition coefficient (Wildman–Crippen LogP) is 3.47. The second-order valence-electron chi connectivity index (χ2n) is 5.65. The molecule has 1 aliphatic heterocycles. The third kappa shape index (κ3) is 3.83. The molecule has 0 radical (unpaired) electrons. The third-order valence-corrected chi connectivity index (χ3v) is 4.42. The summed E-state index contributed by atoms with van der Waals surface area (Å²) in [5.41, 5.74) is 0.550. The average molecular weight is 425 g/mol. The summed E-state index contributed by atoms with van der Waals surface area (Å²) in [4.78, 5) is 37.1. The molecule has 0 saturated carbocycles. The number of carbonyl (C=O) groups excluding carboxylic acids is 3. The highest BCUT2D eigenvalue weighted by molar-refractivity contribution is 6.37. The van der Waals surface area contributed by atoms with Crippen LogP contribution in [-0.4, -0.2) is 37.0 Å². The Morgan fingerprint density at radius 1 is 1.21 bits per heavy atom. The van der Waals surface area contributed by atoms with E-state index >= 15 is 0 Å². The number of halogens is 2. The van der Waals surface area contributed by atoms with Crippen LogP contribution in [-0.2, 0) is 16.1 Å². The molecule has 1 aromatic heterocycles. The van der Waals surface area contributed by atoms with E-state index in [1.165, 1.54) is 32.4 Å². The average Bonchev–Trinajstić information content (AvgIpc) is 3.22. The summed E-state index contributed by atoms with van der Waals surface area (Å²) in [5, 5.41) is 3.01. The largest absolute Gasteiger partial charge is 0.494 e. The summed E-state index contributed by atoms with van der Waals surface area (Å²) in [6, 6.07) is 5.36. The number of ether oxygens (including phenoxy) is 2. The summed E-state index contributed by atoms with van der Waals surface area (Å²) in [7, 11) is 2.65. The van der Waals surface area contributed by atoms with Crippen molar-refractivity contribution in [3.63, 3.8) is 0 Å². The maximum Gasteiger partial charge on any atom is 0.373 e. The Labute approximate surface area is 169 Å². The van der Waals surface area contributed by atoms with Crippen molar-refractivity contribution >= 4 is 47.2 Å². The van der Waals surface area contributed by atoms with Crippen LogP contribution in [0.15, 0.2) is 34.4 Å². The van der Waals surface area contributed by atoms with Gasteiger partial charge >= 0.3 is 12.0 Å². The molecular formula is C18H14Cl2N2O6. The number of esters is 1. The topological polar surface area (TPSA) is 98.1 Å². The zero-order chi connectivity index (χ0) is 20.4. The van der Waals surface area contributed by atoms with Gasteiger partial charge in [-0.15, -0.1) is 0 Å². The lowest BCUT2D eigenvalue weighted by Gasteiger charge is -2.09. The minimum absolute atomic E-state index is 0.0252. The molecule has 10 heteroatoms. The molecule has 28 heavy (non-hydrogen) atoms. The van der Waals surface area contributed by atoms with Crippen LogP contribution in [0.2, 0.25) is 10.0 Å². The minimum Gasteiger partial charge on any atom is -0.494 e. The van der Waals surface area contributed by atoms with E-state index in [0.717, 1.165) is 4.90 Å². The number of methoxy groups -OCH3 is 2. The molecule has 3 amide bonds. The number of imide groups is 1. The van der Waals surface area contributed by atoms with Crippen LogP contribution in [0.25, 0.3) is 6.08 Å². The Kier molecular flexibility index (Phi) is 5.62. The summed E-state index contributed by atoms with van der Waals surface area (Å²) < 4.78 is 14.9. The molecule has 1 fully saturated rings. The first kappa shape index (κ1) is 19.8. The molecule has 0 atom stereocenters. The molecule has 3 rings (SSSR count). The third-order valence-electron chi connectivity index (χ3n) is 3.86. The van der Waals surface area contributed by atoms with Gasteiger partial charge in [-0.05, 0) is 35.9 Å². The van der Waals surface area contributed by atoms with Crippen LogP contribution in [0.1, 0.15) is 21.9 Å². The van der Waals surface area contributed by atoms with Crippen molar-refractivity contribution in [1.29, 1.82) is 0 Å². The van der Waals surface area contributed by atoms with Gasteiger partial charge in [0.2, 0.25) is 5.76 Å². The first-order chi connectivity index (χ1) is 13.3. The second-order valence-corrected chi connectivity index (χ2v) is 6.47. The number of urea groups is 1. The zero-order valence-corrected chi connectivity index (χ0v) is 16.3. The fourth-order valence-electron chi connectivity index (χ4n) is 2.57. The highest BCUT2D eigenvalue weighted by atomic mass is 35.5. The minimum atomic E-state index is -0.655. The van der Waals surface area contributed by atoms with Gasteiger partial charge in [-0.2, -0.15) is 0 Å². The van der Waals surface area contributed by atoms with E-state index in [4.69, 9.17) is 32.4 Å². The molecule has 1 aliphatic rings. The van der Waals surface area contributed by atoms with Gasteiger partial charge in [0.25, 0.3) is 5.91 Å². The van der Waals surface area contributed by atoms with Crippen molar-refractivity contribution < 1.29 is 28.3 Å². The van der Waals surface area contributed by atoms with E-state index in [1.54, 1.807) is 12.1 Å². The Balaban J connectivity index is 1.81. The van der Waals surface area contributed by atoms with Crippen molar-refractivity contribution in [1.82, 2.24) is 10.2 Å². The lowest BCUT2D eigenvalue weighted by molar-refractivity contribution is -0.123. The van der Waals surface area contributed by atoms with E-state index in [-0.39, 0.29) is 33.8 Å². The predicted molar refractivity (Wildman–Crippen MR) is 100 cm³/mol. The van der Waals surface area contributed by atoms with Gasteiger partial charge in [0.15, 0.2) is 5.75 Å². The molecule has 2 heterocycles. The van der Waals surface area contributed by atoms with Gasteiger partial charge in [0, 0.05) is 0 Å². The van der Waals surface area contributed by atoms with E-state index in [1.807, 2.05) is 0 Å². The molecule has 2 aromatic rings. The van der Waals surface area contributed by atoms with E-state index in [0.29, 0.717) is 11.3 Å². The number of nitrogens with zero attached hydrogens (tertiary/aromatic N) is 1. The lowest BCUT2D eigenvalue weighted by Crippen LogP contribution is -2.30. The van der Waals surface area contributed by atoms with Crippen molar-refractivity contribution in [2.45, 2.75) is 6.54 Å². The van der Waals surface area contributed by atoms with Crippen molar-refractivity contribution in [3.8, 4) is 5.75 Å². The number of nitrogens with one attached hydrogen (secondary N) is 1. The number of carbonyl (C=O) groups is 3. The maximum absolute atomic E-state index is 12.6. The molecule has 0 unspecified atom stereocenters. The van der Waals surface area contributed by atoms with Crippen LogP contribution in [0, 0.1) is 0 Å². The summed E-state index contributed by atoms with van der Waals surface area (Å²) in [6.45, 7) is -0.150. The summed E-state index contributed by atoms with van der Waals surface area (Å²) in [6.07, 6.45) is 1.44. The molecule has 1 aromatic carbocycles. The number of hydrogen-bond donors (Lipinski definition) is 1. The van der Waals surface area contributed by atoms with E-state index in [9.17, 15) is 14.4 Å². The quantitative estimate of drug-likeness (QED) is 0.448. The SMILES string of the molecule is COC(=O)c1ccc(CN2C(=O)N/C(=C\c3cc(Cl)c(OC)c(Cl)c3)C2=O)o1. The van der Waals surface area contributed by atoms with Gasteiger partial charge in [-0.1, -0.05) is 23.2 Å². The summed E-state index contributed by atoms with van der Waals surface area (Å²) in [5.74, 6) is -0.682. The number of benzene rings is 1. The molecule has 0 spiro atoms. The molecule has 0 aliphatic carbocycles. The van der Waals surface area contributed by atoms with Gasteiger partial charge in [-0.3, -0.25) is 9.69 Å². The first-order valence-electron chi connectivity index (χ1n) is 7.88.